The van der Waals surface area contributed by atoms with E-state index in [4.69, 9.17) is 0 Å². The van der Waals surface area contributed by atoms with Gasteiger partial charge in [-0.25, -0.2) is 0 Å². The van der Waals surface area contributed by atoms with E-state index in [2.05, 4.69) is 25.7 Å². The molecule has 0 aliphatic carbocycles. The smallest absolute Gasteiger partial charge is 0.00474 e. The molecule has 0 fully saturated rings. The number of hydrogen-bond acceptors (Lipinski definition) is 1. The molecule has 0 rings (SSSR count). The van der Waals surface area contributed by atoms with Crippen LogP contribution in [-0.2, 0) is 0 Å². The maximum Gasteiger partial charge on any atom is -0.00474 e. The Morgan fingerprint density at radius 1 is 0.875 bits per heavy atom. The molecule has 0 saturated heterocycles. The normalized spacial score (nSPS) is 9.00. The third-order valence-corrected chi connectivity index (χ3v) is 1.34. The molecule has 0 heterocycles. The summed E-state index contributed by atoms with van der Waals surface area (Å²) in [4.78, 5) is 2.38. The molecule has 0 aromatic rings. The maximum atomic E-state index is 2.38. The van der Waals surface area contributed by atoms with Crippen LogP contribution in [0.2, 0.25) is 0 Å². The van der Waals surface area contributed by atoms with Gasteiger partial charge in [-0.3, -0.25) is 5.48 Å². The fourth-order valence-electron chi connectivity index (χ4n) is 0.671. The highest BCUT2D eigenvalue weighted by molar-refractivity contribution is 4.43. The Labute approximate surface area is 51.8 Å². The largest absolute Gasteiger partial charge is 0.304 e. The Kier molecular flexibility index (Phi) is 9.36. The summed E-state index contributed by atoms with van der Waals surface area (Å²) in [5.41, 5.74) is 0. The molecule has 1 radical (unpaired) electrons. The van der Waals surface area contributed by atoms with Crippen molar-refractivity contribution in [1.29, 1.82) is 0 Å². The van der Waals surface area contributed by atoms with Crippen LogP contribution in [0.4, 0.5) is 0 Å². The minimum Gasteiger partial charge on any atom is -0.304 e. The monoisotopic (exact) mass is 118 g/mol. The van der Waals surface area contributed by atoms with Gasteiger partial charge in [0.05, 0.1) is 0 Å². The zero-order valence-corrected chi connectivity index (χ0v) is 6.02. The van der Waals surface area contributed by atoms with Crippen molar-refractivity contribution in [3.8, 4) is 0 Å². The lowest BCUT2D eigenvalue weighted by atomic mass is 10.5. The van der Waals surface area contributed by atoms with Gasteiger partial charge < -0.3 is 4.90 Å². The summed E-state index contributed by atoms with van der Waals surface area (Å²) in [6, 6.07) is 0. The standard InChI is InChI=1S/C6H15N.HO/c1-4-7(5-2)6-3;/h4-6H2,1-3H3;1H. The van der Waals surface area contributed by atoms with Crippen LogP contribution < -0.4 is 0 Å². The molecular weight excluding hydrogens is 102 g/mol. The fourth-order valence-corrected chi connectivity index (χ4v) is 0.671. The number of rotatable bonds is 3. The number of hydrogen-bond donors (Lipinski definition) is 1. The molecule has 0 amide bonds. The first-order valence-corrected chi connectivity index (χ1v) is 3.07. The van der Waals surface area contributed by atoms with Crippen molar-refractivity contribution < 1.29 is 5.48 Å². The summed E-state index contributed by atoms with van der Waals surface area (Å²) in [5, 5.41) is 0. The quantitative estimate of drug-likeness (QED) is 0.593. The van der Waals surface area contributed by atoms with E-state index in [0.717, 1.165) is 0 Å². The molecule has 0 aromatic carbocycles. The van der Waals surface area contributed by atoms with Crippen LogP contribution in [0.15, 0.2) is 0 Å². The molecule has 0 aromatic heterocycles. The Morgan fingerprint density at radius 3 is 1.12 bits per heavy atom. The van der Waals surface area contributed by atoms with Crippen LogP contribution in [0.1, 0.15) is 20.8 Å². The topological polar surface area (TPSA) is 33.2 Å². The van der Waals surface area contributed by atoms with E-state index in [1.54, 1.807) is 0 Å². The van der Waals surface area contributed by atoms with E-state index >= 15 is 0 Å². The predicted octanol–water partition coefficient (Wildman–Crippen LogP) is 1.17. The molecule has 0 saturated carbocycles. The average molecular weight is 118 g/mol. The van der Waals surface area contributed by atoms with E-state index in [9.17, 15) is 0 Å². The van der Waals surface area contributed by atoms with Gasteiger partial charge in [0.15, 0.2) is 0 Å². The first-order valence-electron chi connectivity index (χ1n) is 3.07. The minimum absolute atomic E-state index is 0. The van der Waals surface area contributed by atoms with Crippen molar-refractivity contribution in [2.24, 2.45) is 0 Å². The van der Waals surface area contributed by atoms with Crippen molar-refractivity contribution in [3.05, 3.63) is 0 Å². The second kappa shape index (κ2) is 6.92. The van der Waals surface area contributed by atoms with Crippen molar-refractivity contribution in [3.63, 3.8) is 0 Å². The van der Waals surface area contributed by atoms with Gasteiger partial charge in [-0.2, -0.15) is 0 Å². The van der Waals surface area contributed by atoms with Crippen LogP contribution in [-0.4, -0.2) is 30.0 Å². The fraction of sp³-hybridized carbons (Fsp3) is 1.00. The van der Waals surface area contributed by atoms with Gasteiger partial charge in [-0.05, 0) is 19.6 Å². The predicted molar refractivity (Wildman–Crippen MR) is 35.4 cm³/mol. The molecular formula is C6H16NO. The first kappa shape index (κ1) is 10.8. The molecule has 0 bridgehead atoms. The molecule has 0 spiro atoms. The molecule has 51 valence electrons. The second-order valence-electron chi connectivity index (χ2n) is 1.62. The summed E-state index contributed by atoms with van der Waals surface area (Å²) >= 11 is 0. The molecule has 0 aliphatic heterocycles. The highest BCUT2D eigenvalue weighted by Gasteiger charge is 1.89. The SMILES string of the molecule is CCN(CC)CC.[OH]. The van der Waals surface area contributed by atoms with E-state index < -0.39 is 0 Å². The molecule has 0 unspecified atom stereocenters. The van der Waals surface area contributed by atoms with Gasteiger partial charge in [-0.1, -0.05) is 20.8 Å². The van der Waals surface area contributed by atoms with Gasteiger partial charge in [0.25, 0.3) is 0 Å². The van der Waals surface area contributed by atoms with E-state index in [1.807, 2.05) is 0 Å². The molecule has 0 atom stereocenters. The van der Waals surface area contributed by atoms with E-state index in [0.29, 0.717) is 0 Å². The first-order chi connectivity index (χ1) is 3.35. The van der Waals surface area contributed by atoms with Crippen molar-refractivity contribution in [1.82, 2.24) is 4.90 Å². The Morgan fingerprint density at radius 2 is 1.12 bits per heavy atom. The van der Waals surface area contributed by atoms with Crippen LogP contribution in [0.3, 0.4) is 0 Å². The minimum atomic E-state index is 0. The third-order valence-electron chi connectivity index (χ3n) is 1.34. The average Bonchev–Trinajstić information content (AvgIpc) is 1.72. The van der Waals surface area contributed by atoms with E-state index in [1.165, 1.54) is 19.6 Å². The summed E-state index contributed by atoms with van der Waals surface area (Å²) in [6.45, 7) is 10.1. The van der Waals surface area contributed by atoms with Crippen molar-refractivity contribution in [2.45, 2.75) is 20.8 Å². The van der Waals surface area contributed by atoms with Crippen LogP contribution in [0.5, 0.6) is 0 Å². The lowest BCUT2D eigenvalue weighted by molar-refractivity contribution is 0.321. The number of nitrogens with zero attached hydrogens (tertiary/aromatic N) is 1. The molecule has 2 heteroatoms. The summed E-state index contributed by atoms with van der Waals surface area (Å²) < 4.78 is 0. The third kappa shape index (κ3) is 4.09. The summed E-state index contributed by atoms with van der Waals surface area (Å²) in [5.74, 6) is 0. The van der Waals surface area contributed by atoms with Gasteiger partial charge >= 0.3 is 0 Å². The Hall–Kier alpha value is -0.0800. The van der Waals surface area contributed by atoms with Gasteiger partial charge in [0, 0.05) is 0 Å². The van der Waals surface area contributed by atoms with Crippen molar-refractivity contribution in [2.75, 3.05) is 19.6 Å². The van der Waals surface area contributed by atoms with Crippen LogP contribution >= 0.6 is 0 Å². The summed E-state index contributed by atoms with van der Waals surface area (Å²) in [6.07, 6.45) is 0. The highest BCUT2D eigenvalue weighted by atomic mass is 16.0. The van der Waals surface area contributed by atoms with Gasteiger partial charge in [0.1, 0.15) is 0 Å². The molecule has 2 nitrogen and oxygen atoms in total. The van der Waals surface area contributed by atoms with Crippen LogP contribution in [0.25, 0.3) is 0 Å². The Balaban J connectivity index is 0. The van der Waals surface area contributed by atoms with Gasteiger partial charge in [0.2, 0.25) is 0 Å². The zero-order valence-electron chi connectivity index (χ0n) is 6.02. The molecule has 1 N–H and O–H groups in total. The Bertz CT molecular complexity index is 30.0. The lowest BCUT2D eigenvalue weighted by Gasteiger charge is -2.13. The highest BCUT2D eigenvalue weighted by Crippen LogP contribution is 1.81. The maximum absolute atomic E-state index is 2.38. The lowest BCUT2D eigenvalue weighted by Crippen LogP contribution is -2.21. The molecule has 8 heavy (non-hydrogen) atoms. The zero-order chi connectivity index (χ0) is 5.70. The van der Waals surface area contributed by atoms with Crippen LogP contribution in [0, 0.1) is 0 Å². The molecule has 0 aliphatic rings. The second-order valence-corrected chi connectivity index (χ2v) is 1.62. The van der Waals surface area contributed by atoms with E-state index in [-0.39, 0.29) is 5.48 Å². The van der Waals surface area contributed by atoms with Crippen molar-refractivity contribution >= 4 is 0 Å². The van der Waals surface area contributed by atoms with Gasteiger partial charge in [-0.15, -0.1) is 0 Å². The summed E-state index contributed by atoms with van der Waals surface area (Å²) in [7, 11) is 0.